The van der Waals surface area contributed by atoms with Gasteiger partial charge in [-0.15, -0.1) is 0 Å². The van der Waals surface area contributed by atoms with Gasteiger partial charge in [-0.1, -0.05) is 12.1 Å². The van der Waals surface area contributed by atoms with Crippen LogP contribution in [0.5, 0.6) is 17.2 Å². The van der Waals surface area contributed by atoms with Crippen molar-refractivity contribution in [1.29, 1.82) is 0 Å². The molecule has 0 heterocycles. The molecular formula is C16H15BrO4. The molecule has 0 saturated carbocycles. The minimum Gasteiger partial charge on any atom is -0.496 e. The number of carbonyl (C=O) groups is 1. The summed E-state index contributed by atoms with van der Waals surface area (Å²) in [7, 11) is 4.60. The maximum atomic E-state index is 12.8. The second-order valence-corrected chi connectivity index (χ2v) is 5.07. The minimum absolute atomic E-state index is 0.185. The topological polar surface area (TPSA) is 44.8 Å². The largest absolute Gasteiger partial charge is 0.496 e. The van der Waals surface area contributed by atoms with Crippen molar-refractivity contribution in [2.24, 2.45) is 0 Å². The number of methoxy groups -OCH3 is 3. The van der Waals surface area contributed by atoms with Gasteiger partial charge in [0.25, 0.3) is 0 Å². The zero-order chi connectivity index (χ0) is 15.4. The van der Waals surface area contributed by atoms with Gasteiger partial charge in [0.05, 0.1) is 36.9 Å². The molecule has 0 aliphatic carbocycles. The van der Waals surface area contributed by atoms with Crippen molar-refractivity contribution in [2.45, 2.75) is 0 Å². The highest BCUT2D eigenvalue weighted by molar-refractivity contribution is 9.10. The maximum absolute atomic E-state index is 12.8. The zero-order valence-electron chi connectivity index (χ0n) is 12.0. The van der Waals surface area contributed by atoms with E-state index in [-0.39, 0.29) is 5.78 Å². The third-order valence-electron chi connectivity index (χ3n) is 3.07. The van der Waals surface area contributed by atoms with Crippen LogP contribution in [0.2, 0.25) is 0 Å². The normalized spacial score (nSPS) is 10.1. The van der Waals surface area contributed by atoms with Crippen LogP contribution >= 0.6 is 15.9 Å². The number of ether oxygens (including phenoxy) is 3. The van der Waals surface area contributed by atoms with Crippen molar-refractivity contribution in [1.82, 2.24) is 0 Å². The third-order valence-corrected chi connectivity index (χ3v) is 3.69. The second kappa shape index (κ2) is 6.63. The summed E-state index contributed by atoms with van der Waals surface area (Å²) in [5, 5.41) is 0. The molecule has 0 radical (unpaired) electrons. The van der Waals surface area contributed by atoms with Crippen LogP contribution in [-0.2, 0) is 0 Å². The van der Waals surface area contributed by atoms with Gasteiger partial charge in [-0.3, -0.25) is 4.79 Å². The average Bonchev–Trinajstić information content (AvgIpc) is 2.53. The van der Waals surface area contributed by atoms with Crippen LogP contribution in [0.4, 0.5) is 0 Å². The molecule has 2 aromatic carbocycles. The molecule has 2 aromatic rings. The smallest absolute Gasteiger partial charge is 0.200 e. The molecule has 0 fully saturated rings. The lowest BCUT2D eigenvalue weighted by atomic mass is 10.0. The van der Waals surface area contributed by atoms with Crippen molar-refractivity contribution >= 4 is 21.7 Å². The highest BCUT2D eigenvalue weighted by Gasteiger charge is 2.20. The molecule has 0 spiro atoms. The third kappa shape index (κ3) is 3.03. The summed E-state index contributed by atoms with van der Waals surface area (Å²) < 4.78 is 16.5. The fourth-order valence-corrected chi connectivity index (χ4v) is 2.50. The minimum atomic E-state index is -0.185. The Morgan fingerprint density at radius 3 is 2.10 bits per heavy atom. The van der Waals surface area contributed by atoms with Gasteiger partial charge in [-0.2, -0.15) is 0 Å². The molecule has 0 saturated heterocycles. The monoisotopic (exact) mass is 350 g/mol. The first-order chi connectivity index (χ1) is 10.1. The second-order valence-electron chi connectivity index (χ2n) is 4.22. The van der Waals surface area contributed by atoms with E-state index in [0.717, 1.165) is 4.47 Å². The molecule has 2 rings (SSSR count). The molecule has 0 aliphatic rings. The van der Waals surface area contributed by atoms with Gasteiger partial charge in [0.2, 0.25) is 5.78 Å². The molecule has 5 heteroatoms. The molecule has 0 aromatic heterocycles. The lowest BCUT2D eigenvalue weighted by Crippen LogP contribution is -2.06. The first kappa shape index (κ1) is 15.4. The average molecular weight is 351 g/mol. The van der Waals surface area contributed by atoms with E-state index >= 15 is 0 Å². The van der Waals surface area contributed by atoms with E-state index in [1.807, 2.05) is 6.07 Å². The number of rotatable bonds is 5. The molecule has 0 aliphatic heterocycles. The molecule has 0 unspecified atom stereocenters. The van der Waals surface area contributed by atoms with Crippen molar-refractivity contribution in [2.75, 3.05) is 21.3 Å². The summed E-state index contributed by atoms with van der Waals surface area (Å²) in [4.78, 5) is 12.8. The van der Waals surface area contributed by atoms with Crippen molar-refractivity contribution < 1.29 is 19.0 Å². The summed E-state index contributed by atoms with van der Waals surface area (Å²) >= 11 is 3.37. The van der Waals surface area contributed by atoms with Crippen LogP contribution in [0, 0.1) is 0 Å². The Hall–Kier alpha value is -2.01. The van der Waals surface area contributed by atoms with Gasteiger partial charge in [-0.05, 0) is 40.2 Å². The van der Waals surface area contributed by atoms with E-state index in [1.165, 1.54) is 14.2 Å². The first-order valence-corrected chi connectivity index (χ1v) is 7.01. The van der Waals surface area contributed by atoms with Crippen molar-refractivity contribution in [3.8, 4) is 17.2 Å². The Kier molecular flexibility index (Phi) is 4.85. The SMILES string of the molecule is COc1cc(C(=O)c2ccccc2OC)c(OC)cc1Br. The Labute approximate surface area is 131 Å². The highest BCUT2D eigenvalue weighted by atomic mass is 79.9. The molecular weight excluding hydrogens is 336 g/mol. The molecule has 0 atom stereocenters. The standard InChI is InChI=1S/C16H15BrO4/c1-19-13-7-5-4-6-10(13)16(18)11-8-15(21-3)12(17)9-14(11)20-2/h4-9H,1-3H3. The van der Waals surface area contributed by atoms with E-state index in [9.17, 15) is 4.79 Å². The van der Waals surface area contributed by atoms with E-state index in [4.69, 9.17) is 14.2 Å². The maximum Gasteiger partial charge on any atom is 0.200 e. The van der Waals surface area contributed by atoms with Gasteiger partial charge in [0.1, 0.15) is 17.2 Å². The Morgan fingerprint density at radius 1 is 0.857 bits per heavy atom. The number of halogens is 1. The number of hydrogen-bond acceptors (Lipinski definition) is 4. The summed E-state index contributed by atoms with van der Waals surface area (Å²) in [5.74, 6) is 1.37. The quantitative estimate of drug-likeness (QED) is 0.771. The number of carbonyl (C=O) groups excluding carboxylic acids is 1. The Bertz CT molecular complexity index is 667. The van der Waals surface area contributed by atoms with Crippen LogP contribution in [0.3, 0.4) is 0 Å². The van der Waals surface area contributed by atoms with Crippen LogP contribution in [0.15, 0.2) is 40.9 Å². The first-order valence-electron chi connectivity index (χ1n) is 6.21. The number of hydrogen-bond donors (Lipinski definition) is 0. The van der Waals surface area contributed by atoms with E-state index in [1.54, 1.807) is 37.4 Å². The van der Waals surface area contributed by atoms with Gasteiger partial charge >= 0.3 is 0 Å². The van der Waals surface area contributed by atoms with Gasteiger partial charge in [0.15, 0.2) is 0 Å². The lowest BCUT2D eigenvalue weighted by Gasteiger charge is -2.13. The van der Waals surface area contributed by atoms with Crippen LogP contribution in [0.25, 0.3) is 0 Å². The van der Waals surface area contributed by atoms with E-state index in [2.05, 4.69) is 15.9 Å². The lowest BCUT2D eigenvalue weighted by molar-refractivity contribution is 0.103. The summed E-state index contributed by atoms with van der Waals surface area (Å²) in [6, 6.07) is 10.4. The van der Waals surface area contributed by atoms with Crippen LogP contribution in [0.1, 0.15) is 15.9 Å². The summed E-state index contributed by atoms with van der Waals surface area (Å²) in [6.45, 7) is 0. The molecule has 0 bridgehead atoms. The molecule has 110 valence electrons. The van der Waals surface area contributed by atoms with Crippen molar-refractivity contribution in [3.05, 3.63) is 52.0 Å². The number of ketones is 1. The van der Waals surface area contributed by atoms with Gasteiger partial charge in [-0.25, -0.2) is 0 Å². The molecule has 4 nitrogen and oxygen atoms in total. The predicted octanol–water partition coefficient (Wildman–Crippen LogP) is 3.71. The van der Waals surface area contributed by atoms with E-state index < -0.39 is 0 Å². The predicted molar refractivity (Wildman–Crippen MR) is 83.7 cm³/mol. The molecule has 0 N–H and O–H groups in total. The van der Waals surface area contributed by atoms with Gasteiger partial charge < -0.3 is 14.2 Å². The van der Waals surface area contributed by atoms with Gasteiger partial charge in [0, 0.05) is 0 Å². The van der Waals surface area contributed by atoms with Crippen LogP contribution in [-0.4, -0.2) is 27.1 Å². The molecule has 21 heavy (non-hydrogen) atoms. The molecule has 0 amide bonds. The number of benzene rings is 2. The fraction of sp³-hybridized carbons (Fsp3) is 0.188. The van der Waals surface area contributed by atoms with Crippen molar-refractivity contribution in [3.63, 3.8) is 0 Å². The summed E-state index contributed by atoms with van der Waals surface area (Å²) in [5.41, 5.74) is 0.893. The van der Waals surface area contributed by atoms with Crippen LogP contribution < -0.4 is 14.2 Å². The zero-order valence-corrected chi connectivity index (χ0v) is 13.6. The fourth-order valence-electron chi connectivity index (χ4n) is 2.02. The van der Waals surface area contributed by atoms with E-state index in [0.29, 0.717) is 28.4 Å². The summed E-state index contributed by atoms with van der Waals surface area (Å²) in [6.07, 6.45) is 0. The number of para-hydroxylation sites is 1. The Morgan fingerprint density at radius 2 is 1.48 bits per heavy atom. The highest BCUT2D eigenvalue weighted by Crippen LogP contribution is 2.35. The Balaban J connectivity index is 2.57.